The predicted octanol–water partition coefficient (Wildman–Crippen LogP) is 14.5. The third-order valence-corrected chi connectivity index (χ3v) is 27.9. The summed E-state index contributed by atoms with van der Waals surface area (Å²) in [6.07, 6.45) is 3.37. The molecule has 4 aromatic heterocycles. The minimum Gasteiger partial charge on any atom is -0.481 e. The highest BCUT2D eigenvalue weighted by molar-refractivity contribution is 9.10. The summed E-state index contributed by atoms with van der Waals surface area (Å²) in [7, 11) is 0. The molecule has 139 heavy (non-hydrogen) atoms. The van der Waals surface area contributed by atoms with Gasteiger partial charge in [-0.25, -0.2) is 79.0 Å². The molecule has 0 radical (unpaired) electrons. The van der Waals surface area contributed by atoms with E-state index in [0.717, 1.165) is 18.2 Å². The molecule has 0 amide bonds. The van der Waals surface area contributed by atoms with E-state index in [1.165, 1.54) is 106 Å². The molecule has 8 aromatic rings. The van der Waals surface area contributed by atoms with Gasteiger partial charge in [0.2, 0.25) is 0 Å². The van der Waals surface area contributed by atoms with Crippen LogP contribution in [0.2, 0.25) is 10.0 Å². The molecule has 48 heteroatoms. The number of aliphatic imine (C=N–C) groups is 4. The van der Waals surface area contributed by atoms with E-state index in [1.54, 1.807) is 99.7 Å². The average molecular weight is 2170 g/mol. The quantitative estimate of drug-likeness (QED) is 0.00803. The standard InChI is InChI=1S/C23H23BrF2N4O4S.C23H23ClF2N4O4S.C23H21ClF2N4O4S.C22H21BrF2N4O4S/c3*1-2-34-23(33)19-16(11-30-10-15(26)17(30)5-6-18(31)32)28-21(22-27-7-8-35-22)29-20(19)13-4-3-12(25)9-14(13)24;1-2-33-22(32)18-15(10-29-9-14(25)16(29)8-17(30)31)27-20(21-26-5-6-34-21)28-19(18)12-4-3-11(24)7-13(12)23/h2*3-4,7-9,15,17,20H,2,5-6,10-11H2,1H3,(H,28,29)(H,31,32);3-9,15,17,20H,2,10-11H2,1H3,(H,28,29)(H,31,32);3-7,14,16,19H,2,8-10H2,1H3,(H,27,28)(H,30,31)/b;;6-5+;/t3*15?,17?,20-;14?,16?,19-/m0000/s1. The van der Waals surface area contributed by atoms with Gasteiger partial charge in [-0.3, -0.25) is 54.0 Å². The molecule has 8 aliphatic rings. The number of carbonyl (C=O) groups is 8. The van der Waals surface area contributed by atoms with Crippen LogP contribution in [0.1, 0.15) is 126 Å². The maximum absolute atomic E-state index is 14.3. The summed E-state index contributed by atoms with van der Waals surface area (Å²) in [5.74, 6) is -7.22. The van der Waals surface area contributed by atoms with Crippen LogP contribution in [-0.4, -0.2) is 259 Å². The number of aromatic nitrogens is 4. The maximum atomic E-state index is 14.3. The van der Waals surface area contributed by atoms with Gasteiger partial charge in [0.25, 0.3) is 0 Å². The lowest BCUT2D eigenvalue weighted by molar-refractivity contribution is -0.142. The summed E-state index contributed by atoms with van der Waals surface area (Å²) in [6, 6.07) is 9.54. The Kier molecular flexibility index (Phi) is 36.3. The van der Waals surface area contributed by atoms with Gasteiger partial charge in [0.05, 0.1) is 67.2 Å². The number of nitrogens with zero attached hydrogens (tertiary/aromatic N) is 12. The van der Waals surface area contributed by atoms with Gasteiger partial charge in [-0.05, 0) is 100 Å². The lowest BCUT2D eigenvalue weighted by atomic mass is 9.92. The second-order valence-electron chi connectivity index (χ2n) is 31.6. The van der Waals surface area contributed by atoms with Crippen molar-refractivity contribution in [3.05, 3.63) is 261 Å². The van der Waals surface area contributed by atoms with E-state index in [-0.39, 0.29) is 143 Å². The van der Waals surface area contributed by atoms with Crippen molar-refractivity contribution >= 4 is 172 Å². The molecule has 12 atom stereocenters. The minimum absolute atomic E-state index is 0.0356. The van der Waals surface area contributed by atoms with Gasteiger partial charge in [0.1, 0.15) is 72.1 Å². The Balaban J connectivity index is 0.000000156. The number of thiazole rings is 4. The van der Waals surface area contributed by atoms with Crippen LogP contribution in [0.3, 0.4) is 0 Å². The number of halogens is 12. The van der Waals surface area contributed by atoms with Crippen LogP contribution >= 0.6 is 100 Å². The number of carboxylic acid groups (broad SMARTS) is 4. The molecule has 8 N–H and O–H groups in total. The number of amidine groups is 4. The van der Waals surface area contributed by atoms with Crippen LogP contribution in [0.15, 0.2) is 205 Å². The Morgan fingerprint density at radius 3 is 0.964 bits per heavy atom. The fraction of sp³-hybridized carbons (Fsp3) is 0.363. The molecule has 4 aromatic carbocycles. The van der Waals surface area contributed by atoms with Crippen LogP contribution < -0.4 is 21.3 Å². The highest BCUT2D eigenvalue weighted by Crippen LogP contribution is 2.45. The molecule has 0 aliphatic carbocycles. The lowest BCUT2D eigenvalue weighted by Gasteiger charge is -2.45. The fourth-order valence-electron chi connectivity index (χ4n) is 16.2. The zero-order chi connectivity index (χ0) is 99.7. The monoisotopic (exact) mass is 2170 g/mol. The van der Waals surface area contributed by atoms with E-state index in [2.05, 4.69) is 83.0 Å². The molecule has 0 spiro atoms. The number of nitrogens with one attached hydrogen (secondary N) is 4. The van der Waals surface area contributed by atoms with E-state index < -0.39 is 144 Å². The van der Waals surface area contributed by atoms with Crippen LogP contribution in [0.5, 0.6) is 0 Å². The van der Waals surface area contributed by atoms with Crippen molar-refractivity contribution in [1.82, 2.24) is 60.8 Å². The highest BCUT2D eigenvalue weighted by Gasteiger charge is 2.48. The molecular formula is C91H88Br2Cl2F8N16O16S4. The number of hydrogen-bond acceptors (Lipinski definition) is 32. The van der Waals surface area contributed by atoms with Gasteiger partial charge in [-0.1, -0.05) is 85.4 Å². The Labute approximate surface area is 831 Å². The van der Waals surface area contributed by atoms with Crippen molar-refractivity contribution in [3.63, 3.8) is 0 Å². The second-order valence-corrected chi connectivity index (χ2v) is 37.7. The number of aliphatic carboxylic acids is 4. The van der Waals surface area contributed by atoms with E-state index in [1.807, 2.05) is 0 Å². The minimum atomic E-state index is -1.28. The molecule has 8 unspecified atom stereocenters. The normalized spacial score (nSPS) is 22.4. The first-order valence-corrected chi connectivity index (χ1v) is 49.0. The van der Waals surface area contributed by atoms with E-state index in [9.17, 15) is 73.5 Å². The summed E-state index contributed by atoms with van der Waals surface area (Å²) in [6.45, 7) is 7.86. The molecule has 736 valence electrons. The summed E-state index contributed by atoms with van der Waals surface area (Å²) >= 11 is 24.8. The fourth-order valence-corrected chi connectivity index (χ4v) is 20.2. The summed E-state index contributed by atoms with van der Waals surface area (Å²) in [5.41, 5.74) is 4.25. The lowest BCUT2D eigenvalue weighted by Crippen LogP contribution is -2.60. The van der Waals surface area contributed by atoms with E-state index in [4.69, 9.17) is 72.6 Å². The van der Waals surface area contributed by atoms with Crippen LogP contribution in [0.25, 0.3) is 0 Å². The molecule has 16 rings (SSSR count). The molecule has 0 saturated carbocycles. The van der Waals surface area contributed by atoms with Crippen molar-refractivity contribution in [2.24, 2.45) is 20.0 Å². The molecule has 4 fully saturated rings. The van der Waals surface area contributed by atoms with Crippen molar-refractivity contribution < 1.29 is 113 Å². The first-order chi connectivity index (χ1) is 66.6. The van der Waals surface area contributed by atoms with Gasteiger partial charge in [-0.15, -0.1) is 45.3 Å². The number of rotatable bonds is 34. The number of likely N-dealkylation sites (tertiary alicyclic amines) is 4. The van der Waals surface area contributed by atoms with Crippen LogP contribution in [0, 0.1) is 23.3 Å². The van der Waals surface area contributed by atoms with Crippen LogP contribution in [-0.2, 0) is 57.3 Å². The SMILES string of the molecule is CCOC(=O)C1=C(CN2CC(F)C2/C=C/C(=O)O)NC(c2nccs2)=N[C@H]1c1ccc(F)cc1Cl.CCOC(=O)C1=C(CN2CC(F)C2CC(=O)O)NC(c2nccs2)=N[C@H]1c1ccc(F)cc1Br.CCOC(=O)C1=C(CN2CC(F)C2CCC(=O)O)NC(c2nccs2)=N[C@H]1c1ccc(F)cc1Br.CCOC(=O)C1=C(CN2CC(F)C2CCC(=O)O)NC(c2nccs2)=N[C@H]1c1ccc(F)cc1Cl. The Morgan fingerprint density at radius 2 is 0.705 bits per heavy atom. The van der Waals surface area contributed by atoms with Crippen LogP contribution in [0.4, 0.5) is 35.1 Å². The number of carbonyl (C=O) groups excluding carboxylic acids is 4. The predicted molar refractivity (Wildman–Crippen MR) is 508 cm³/mol. The number of hydrogen-bond donors (Lipinski definition) is 8. The van der Waals surface area contributed by atoms with Crippen molar-refractivity contribution in [1.29, 1.82) is 0 Å². The van der Waals surface area contributed by atoms with E-state index in [0.29, 0.717) is 97.4 Å². The van der Waals surface area contributed by atoms with E-state index >= 15 is 0 Å². The molecule has 0 bridgehead atoms. The molecule has 8 aliphatic heterocycles. The van der Waals surface area contributed by atoms with Crippen molar-refractivity contribution in [2.75, 3.05) is 78.8 Å². The third kappa shape index (κ3) is 25.9. The zero-order valence-corrected chi connectivity index (χ0v) is 81.8. The smallest absolute Gasteiger partial charge is 0.338 e. The summed E-state index contributed by atoms with van der Waals surface area (Å²) in [4.78, 5) is 139. The molecule has 4 saturated heterocycles. The number of esters is 4. The first-order valence-electron chi connectivity index (χ1n) is 43.1. The second kappa shape index (κ2) is 48.2. The topological polar surface area (TPSA) is 416 Å². The van der Waals surface area contributed by atoms with Crippen molar-refractivity contribution in [3.8, 4) is 0 Å². The molecular weight excluding hydrogens is 2080 g/mol. The third-order valence-electron chi connectivity index (χ3n) is 22.7. The number of ether oxygens (including phenoxy) is 4. The van der Waals surface area contributed by atoms with Crippen molar-refractivity contribution in [2.45, 2.75) is 133 Å². The maximum Gasteiger partial charge on any atom is 0.338 e. The summed E-state index contributed by atoms with van der Waals surface area (Å²) in [5, 5.41) is 58.2. The number of carboxylic acids is 4. The Hall–Kier alpha value is -11.4. The van der Waals surface area contributed by atoms with Gasteiger partial charge in [0, 0.05) is 183 Å². The first kappa shape index (κ1) is 105. The molecule has 32 nitrogen and oxygen atoms in total. The Bertz CT molecular complexity index is 6010. The summed E-state index contributed by atoms with van der Waals surface area (Å²) < 4.78 is 134. The van der Waals surface area contributed by atoms with Gasteiger partial charge < -0.3 is 60.6 Å². The highest BCUT2D eigenvalue weighted by atomic mass is 79.9. The number of alkyl halides is 4. The molecule has 12 heterocycles. The number of benzene rings is 4. The van der Waals surface area contributed by atoms with Gasteiger partial charge in [-0.2, -0.15) is 0 Å². The Morgan fingerprint density at radius 1 is 0.417 bits per heavy atom. The van der Waals surface area contributed by atoms with Gasteiger partial charge >= 0.3 is 47.8 Å². The average Bonchev–Trinajstić information content (AvgIpc) is 1.61. The van der Waals surface area contributed by atoms with Gasteiger partial charge in [0.15, 0.2) is 43.4 Å². The largest absolute Gasteiger partial charge is 0.481 e. The zero-order valence-electron chi connectivity index (χ0n) is 73.9.